The van der Waals surface area contributed by atoms with E-state index in [9.17, 15) is 22.4 Å². The fraction of sp³-hybridized carbons (Fsp3) is 0.417. The number of sulfone groups is 1. The lowest BCUT2D eigenvalue weighted by Crippen LogP contribution is -2.42. The van der Waals surface area contributed by atoms with Crippen molar-refractivity contribution < 1.29 is 27.1 Å². The summed E-state index contributed by atoms with van der Waals surface area (Å²) in [6.45, 7) is 4.50. The molecule has 0 saturated heterocycles. The van der Waals surface area contributed by atoms with E-state index in [0.717, 1.165) is 29.7 Å². The molecule has 1 aliphatic carbocycles. The van der Waals surface area contributed by atoms with Crippen LogP contribution in [0.15, 0.2) is 24.4 Å². The van der Waals surface area contributed by atoms with Crippen LogP contribution in [-0.2, 0) is 19.4 Å². The number of benzene rings is 1. The predicted octanol–water partition coefficient (Wildman–Crippen LogP) is 3.07. The molecular formula is C24H27FN4O5S2. The van der Waals surface area contributed by atoms with Gasteiger partial charge in [-0.25, -0.2) is 22.8 Å². The number of halogens is 1. The molecule has 36 heavy (non-hydrogen) atoms. The molecule has 192 valence electrons. The first-order chi connectivity index (χ1) is 17.0. The molecule has 0 spiro atoms. The van der Waals surface area contributed by atoms with E-state index in [1.54, 1.807) is 12.1 Å². The Labute approximate surface area is 212 Å². The number of ether oxygens (including phenoxy) is 1. The Kier molecular flexibility index (Phi) is 7.28. The molecule has 2 heterocycles. The number of thiazole rings is 1. The van der Waals surface area contributed by atoms with Crippen LogP contribution in [0.2, 0.25) is 0 Å². The Morgan fingerprint density at radius 2 is 1.97 bits per heavy atom. The minimum absolute atomic E-state index is 0.106. The van der Waals surface area contributed by atoms with Crippen LogP contribution in [0.5, 0.6) is 5.88 Å². The number of hydrogen-bond donors (Lipinski definition) is 2. The number of aromatic nitrogens is 2. The highest BCUT2D eigenvalue weighted by Gasteiger charge is 2.39. The van der Waals surface area contributed by atoms with Gasteiger partial charge in [0.15, 0.2) is 20.9 Å². The van der Waals surface area contributed by atoms with Crippen molar-refractivity contribution in [3.05, 3.63) is 40.8 Å². The van der Waals surface area contributed by atoms with Crippen molar-refractivity contribution in [2.24, 2.45) is 0 Å². The number of nitrogens with one attached hydrogen (secondary N) is 2. The fourth-order valence-corrected chi connectivity index (χ4v) is 6.46. The van der Waals surface area contributed by atoms with Crippen molar-refractivity contribution >= 4 is 43.2 Å². The molecule has 1 aromatic carbocycles. The second kappa shape index (κ2) is 10.1. The maximum absolute atomic E-state index is 14.3. The Morgan fingerprint density at radius 3 is 2.58 bits per heavy atom. The average Bonchev–Trinajstić information content (AvgIpc) is 3.54. The third-order valence-electron chi connectivity index (χ3n) is 5.88. The van der Waals surface area contributed by atoms with E-state index in [1.807, 2.05) is 6.92 Å². The van der Waals surface area contributed by atoms with Gasteiger partial charge in [0, 0.05) is 17.8 Å². The van der Waals surface area contributed by atoms with Crippen LogP contribution in [0.1, 0.15) is 42.5 Å². The van der Waals surface area contributed by atoms with E-state index >= 15 is 0 Å². The van der Waals surface area contributed by atoms with Crippen molar-refractivity contribution in [1.29, 1.82) is 0 Å². The molecule has 0 aliphatic heterocycles. The number of aryl methyl sites for hydroxylation is 1. The first-order valence-corrected chi connectivity index (χ1v) is 13.8. The van der Waals surface area contributed by atoms with Crippen LogP contribution >= 0.6 is 11.3 Å². The summed E-state index contributed by atoms with van der Waals surface area (Å²) >= 11 is 1.07. The van der Waals surface area contributed by atoms with Gasteiger partial charge in [-0.3, -0.25) is 9.59 Å². The third-order valence-corrected chi connectivity index (χ3v) is 9.52. The Bertz CT molecular complexity index is 1430. The minimum Gasteiger partial charge on any atom is -0.479 e. The normalized spacial score (nSPS) is 14.6. The topological polar surface area (TPSA) is 127 Å². The van der Waals surface area contributed by atoms with Crippen molar-refractivity contribution in [1.82, 2.24) is 20.6 Å². The minimum atomic E-state index is -3.95. The smallest absolute Gasteiger partial charge is 0.250 e. The van der Waals surface area contributed by atoms with Crippen LogP contribution in [0.4, 0.5) is 4.39 Å². The van der Waals surface area contributed by atoms with Crippen molar-refractivity contribution in [3.63, 3.8) is 0 Å². The largest absolute Gasteiger partial charge is 0.479 e. The molecule has 1 fully saturated rings. The summed E-state index contributed by atoms with van der Waals surface area (Å²) in [6, 6.07) is 4.97. The van der Waals surface area contributed by atoms with E-state index in [0.29, 0.717) is 21.3 Å². The maximum atomic E-state index is 14.3. The van der Waals surface area contributed by atoms with E-state index in [4.69, 9.17) is 4.74 Å². The molecule has 9 nitrogen and oxygen atoms in total. The van der Waals surface area contributed by atoms with Gasteiger partial charge < -0.3 is 15.4 Å². The van der Waals surface area contributed by atoms with Gasteiger partial charge in [0.2, 0.25) is 17.7 Å². The lowest BCUT2D eigenvalue weighted by molar-refractivity contribution is -0.126. The summed E-state index contributed by atoms with van der Waals surface area (Å²) in [4.78, 5) is 33.6. The highest BCUT2D eigenvalue weighted by molar-refractivity contribution is 7.93. The molecule has 2 N–H and O–H groups in total. The monoisotopic (exact) mass is 534 g/mol. The lowest BCUT2D eigenvalue weighted by Gasteiger charge is -2.17. The molecule has 1 unspecified atom stereocenters. The van der Waals surface area contributed by atoms with Gasteiger partial charge in [-0.1, -0.05) is 0 Å². The van der Waals surface area contributed by atoms with Gasteiger partial charge in [-0.15, -0.1) is 11.3 Å². The van der Waals surface area contributed by atoms with Gasteiger partial charge in [-0.2, -0.15) is 0 Å². The zero-order chi connectivity index (χ0) is 26.2. The Morgan fingerprint density at radius 1 is 1.25 bits per heavy atom. The van der Waals surface area contributed by atoms with Gasteiger partial charge in [0.1, 0.15) is 5.01 Å². The molecule has 2 aromatic heterocycles. The first kappa shape index (κ1) is 26.0. The zero-order valence-corrected chi connectivity index (χ0v) is 21.9. The average molecular weight is 535 g/mol. The van der Waals surface area contributed by atoms with Crippen LogP contribution < -0.4 is 15.4 Å². The second-order valence-corrected chi connectivity index (χ2v) is 12.6. The molecule has 0 radical (unpaired) electrons. The molecule has 1 aliphatic rings. The molecule has 1 atom stereocenters. The standard InChI is InChI=1S/C24H27FN4O5S2/c1-12(2)36(32,33)21(22(31)26-11-20(30)28-15-5-6-15)24-29-18-7-13(3)16(9-19(18)35-24)14-8-17(25)23(34-4)27-10-14/h7-10,12,15,21H,5-6,11H2,1-4H3,(H,26,31)(H,28,30). The summed E-state index contributed by atoms with van der Waals surface area (Å²) in [5.74, 6) is -1.88. The number of nitrogens with zero attached hydrogens (tertiary/aromatic N) is 2. The molecular weight excluding hydrogens is 507 g/mol. The number of hydrogen-bond acceptors (Lipinski definition) is 8. The van der Waals surface area contributed by atoms with Gasteiger partial charge >= 0.3 is 0 Å². The van der Waals surface area contributed by atoms with Crippen LogP contribution in [0.3, 0.4) is 0 Å². The SMILES string of the molecule is COc1ncc(-c2cc3sc(C(C(=O)NCC(=O)NC4CC4)S(=O)(=O)C(C)C)nc3cc2C)cc1F. The first-order valence-electron chi connectivity index (χ1n) is 11.4. The van der Waals surface area contributed by atoms with E-state index in [2.05, 4.69) is 20.6 Å². The van der Waals surface area contributed by atoms with E-state index in [-0.39, 0.29) is 29.4 Å². The number of carbonyl (C=O) groups is 2. The van der Waals surface area contributed by atoms with Gasteiger partial charge in [-0.05, 0) is 62.9 Å². The number of fused-ring (bicyclic) bond motifs is 1. The van der Waals surface area contributed by atoms with Crippen LogP contribution in [-0.4, -0.2) is 55.1 Å². The number of carbonyl (C=O) groups excluding carboxylic acids is 2. The fourth-order valence-electron chi connectivity index (χ4n) is 3.68. The van der Waals surface area contributed by atoms with Crippen LogP contribution in [0.25, 0.3) is 21.3 Å². The zero-order valence-electron chi connectivity index (χ0n) is 20.3. The maximum Gasteiger partial charge on any atom is 0.250 e. The molecule has 1 saturated carbocycles. The summed E-state index contributed by atoms with van der Waals surface area (Å²) in [6.07, 6.45) is 3.29. The van der Waals surface area contributed by atoms with Gasteiger partial charge in [0.05, 0.1) is 29.1 Å². The van der Waals surface area contributed by atoms with Crippen molar-refractivity contribution in [2.45, 2.75) is 50.2 Å². The summed E-state index contributed by atoms with van der Waals surface area (Å²) in [5.41, 5.74) is 2.50. The number of pyridine rings is 1. The Hall–Kier alpha value is -3.12. The number of rotatable bonds is 9. The molecule has 0 bridgehead atoms. The van der Waals surface area contributed by atoms with Crippen molar-refractivity contribution in [3.8, 4) is 17.0 Å². The molecule has 3 aromatic rings. The van der Waals surface area contributed by atoms with Crippen molar-refractivity contribution in [2.75, 3.05) is 13.7 Å². The summed E-state index contributed by atoms with van der Waals surface area (Å²) < 4.78 is 46.1. The Balaban J connectivity index is 1.69. The van der Waals surface area contributed by atoms with E-state index in [1.165, 1.54) is 33.2 Å². The quantitative estimate of drug-likeness (QED) is 0.432. The second-order valence-electron chi connectivity index (χ2n) is 8.98. The lowest BCUT2D eigenvalue weighted by atomic mass is 10.0. The highest BCUT2D eigenvalue weighted by atomic mass is 32.2. The molecule has 2 amide bonds. The van der Waals surface area contributed by atoms with E-state index < -0.39 is 32.1 Å². The third kappa shape index (κ3) is 5.34. The number of amides is 2. The number of methoxy groups -OCH3 is 1. The molecule has 4 rings (SSSR count). The summed E-state index contributed by atoms with van der Waals surface area (Å²) in [5, 5.41) is 2.92. The van der Waals surface area contributed by atoms with Gasteiger partial charge in [0.25, 0.3) is 0 Å². The summed E-state index contributed by atoms with van der Waals surface area (Å²) in [7, 11) is -2.62. The van der Waals surface area contributed by atoms with Crippen LogP contribution in [0, 0.1) is 12.7 Å². The highest BCUT2D eigenvalue weighted by Crippen LogP contribution is 2.37. The predicted molar refractivity (Wildman–Crippen MR) is 135 cm³/mol. The molecule has 12 heteroatoms.